The van der Waals surface area contributed by atoms with E-state index >= 15 is 0 Å². The minimum Gasteiger partial charge on any atom is -0.478 e. The molecule has 0 atom stereocenters. The number of aromatic nitrogens is 2. The summed E-state index contributed by atoms with van der Waals surface area (Å²) in [6.07, 6.45) is 0.531. The third kappa shape index (κ3) is 2.48. The minimum absolute atomic E-state index is 0.135. The molecule has 1 aromatic heterocycles. The average Bonchev–Trinajstić information content (AvgIpc) is 2.70. The lowest BCUT2D eigenvalue weighted by Crippen LogP contribution is -2.00. The first-order valence-corrected chi connectivity index (χ1v) is 5.61. The molecule has 2 aromatic rings. The number of carboxylic acid groups (broad SMARTS) is 1. The van der Waals surface area contributed by atoms with Crippen LogP contribution >= 0.6 is 0 Å². The maximum Gasteiger partial charge on any atom is 0.338 e. The topological polar surface area (TPSA) is 75.2 Å². The third-order valence-electron chi connectivity index (χ3n) is 2.52. The molecule has 0 bridgehead atoms. The number of hydrogen-bond donors (Lipinski definition) is 2. The van der Waals surface area contributed by atoms with Crippen LogP contribution in [0.5, 0.6) is 0 Å². The maximum absolute atomic E-state index is 13.2. The summed E-state index contributed by atoms with van der Waals surface area (Å²) in [6.45, 7) is 2.98. The second-order valence-electron chi connectivity index (χ2n) is 3.79. The summed E-state index contributed by atoms with van der Waals surface area (Å²) in [5.41, 5.74) is 0.526. The molecule has 0 fully saturated rings. The van der Waals surface area contributed by atoms with E-state index in [2.05, 4.69) is 9.97 Å². The summed E-state index contributed by atoms with van der Waals surface area (Å²) in [4.78, 5) is 18.1. The zero-order valence-electron chi connectivity index (χ0n) is 9.86. The van der Waals surface area contributed by atoms with Crippen molar-refractivity contribution in [3.63, 3.8) is 0 Å². The quantitative estimate of drug-likeness (QED) is 0.798. The zero-order chi connectivity index (χ0) is 13.1. The number of halogens is 1. The molecule has 2 N–H and O–H groups in total. The predicted octanol–water partition coefficient (Wildman–Crippen LogP) is 1.98. The van der Waals surface area contributed by atoms with Gasteiger partial charge in [-0.2, -0.15) is 0 Å². The van der Waals surface area contributed by atoms with Crippen molar-refractivity contribution in [2.45, 2.75) is 13.3 Å². The SMILES string of the molecule is CCOCCc1nc2c(C(=O)O)cc(F)cc2[nH]1. The molecule has 0 aliphatic rings. The van der Waals surface area contributed by atoms with E-state index in [-0.39, 0.29) is 11.1 Å². The zero-order valence-corrected chi connectivity index (χ0v) is 9.86. The van der Waals surface area contributed by atoms with Gasteiger partial charge < -0.3 is 14.8 Å². The maximum atomic E-state index is 13.2. The number of carboxylic acids is 1. The number of hydrogen-bond acceptors (Lipinski definition) is 3. The fourth-order valence-electron chi connectivity index (χ4n) is 1.73. The molecule has 0 spiro atoms. The largest absolute Gasteiger partial charge is 0.478 e. The number of benzene rings is 1. The molecule has 0 aliphatic heterocycles. The van der Waals surface area contributed by atoms with Crippen molar-refractivity contribution < 1.29 is 19.0 Å². The number of rotatable bonds is 5. The van der Waals surface area contributed by atoms with Crippen LogP contribution < -0.4 is 0 Å². The Bertz CT molecular complexity index is 580. The van der Waals surface area contributed by atoms with Crippen LogP contribution in [-0.2, 0) is 11.2 Å². The van der Waals surface area contributed by atoms with Crippen LogP contribution in [0.15, 0.2) is 12.1 Å². The van der Waals surface area contributed by atoms with Gasteiger partial charge in [-0.15, -0.1) is 0 Å². The Hall–Kier alpha value is -1.95. The van der Waals surface area contributed by atoms with E-state index in [0.29, 0.717) is 31.0 Å². The summed E-state index contributed by atoms with van der Waals surface area (Å²) in [7, 11) is 0. The minimum atomic E-state index is -1.19. The fraction of sp³-hybridized carbons (Fsp3) is 0.333. The van der Waals surface area contributed by atoms with Gasteiger partial charge in [-0.05, 0) is 19.1 Å². The molecule has 1 aromatic carbocycles. The average molecular weight is 252 g/mol. The van der Waals surface area contributed by atoms with E-state index in [0.717, 1.165) is 6.07 Å². The number of aromatic carboxylic acids is 1. The highest BCUT2D eigenvalue weighted by Crippen LogP contribution is 2.19. The Morgan fingerprint density at radius 1 is 1.56 bits per heavy atom. The number of carbonyl (C=O) groups is 1. The van der Waals surface area contributed by atoms with Gasteiger partial charge in [-0.1, -0.05) is 0 Å². The highest BCUT2D eigenvalue weighted by molar-refractivity contribution is 6.00. The summed E-state index contributed by atoms with van der Waals surface area (Å²) < 4.78 is 18.4. The van der Waals surface area contributed by atoms with Gasteiger partial charge in [-0.25, -0.2) is 14.2 Å². The Labute approximate surface area is 103 Å². The third-order valence-corrected chi connectivity index (χ3v) is 2.52. The molecule has 96 valence electrons. The van der Waals surface area contributed by atoms with Gasteiger partial charge in [0.05, 0.1) is 17.7 Å². The summed E-state index contributed by atoms with van der Waals surface area (Å²) in [5.74, 6) is -1.20. The number of nitrogens with one attached hydrogen (secondary N) is 1. The summed E-state index contributed by atoms with van der Waals surface area (Å²) in [5, 5.41) is 8.99. The number of nitrogens with zero attached hydrogens (tertiary/aromatic N) is 1. The lowest BCUT2D eigenvalue weighted by molar-refractivity contribution is 0.0698. The van der Waals surface area contributed by atoms with Crippen LogP contribution in [0.1, 0.15) is 23.1 Å². The van der Waals surface area contributed by atoms with Gasteiger partial charge in [0.2, 0.25) is 0 Å². The Kier molecular flexibility index (Phi) is 3.57. The molecule has 0 radical (unpaired) electrons. The van der Waals surface area contributed by atoms with Crippen molar-refractivity contribution in [3.8, 4) is 0 Å². The van der Waals surface area contributed by atoms with Gasteiger partial charge in [0, 0.05) is 13.0 Å². The number of fused-ring (bicyclic) bond motifs is 1. The van der Waals surface area contributed by atoms with Crippen LogP contribution in [0.4, 0.5) is 4.39 Å². The molecule has 0 aliphatic carbocycles. The van der Waals surface area contributed by atoms with E-state index in [1.54, 1.807) is 0 Å². The molecule has 2 rings (SSSR count). The fourth-order valence-corrected chi connectivity index (χ4v) is 1.73. The molecule has 0 saturated heterocycles. The molecule has 0 unspecified atom stereocenters. The van der Waals surface area contributed by atoms with Gasteiger partial charge in [0.15, 0.2) is 0 Å². The van der Waals surface area contributed by atoms with Crippen molar-refractivity contribution in [2.24, 2.45) is 0 Å². The summed E-state index contributed by atoms with van der Waals surface area (Å²) >= 11 is 0. The van der Waals surface area contributed by atoms with Crippen LogP contribution in [0.3, 0.4) is 0 Å². The van der Waals surface area contributed by atoms with Crippen LogP contribution in [0.2, 0.25) is 0 Å². The highest BCUT2D eigenvalue weighted by Gasteiger charge is 2.14. The van der Waals surface area contributed by atoms with Crippen molar-refractivity contribution in [3.05, 3.63) is 29.3 Å². The Balaban J connectivity index is 2.37. The van der Waals surface area contributed by atoms with E-state index in [1.807, 2.05) is 6.92 Å². The molecule has 1 heterocycles. The van der Waals surface area contributed by atoms with E-state index in [1.165, 1.54) is 6.07 Å². The second kappa shape index (κ2) is 5.14. The van der Waals surface area contributed by atoms with Gasteiger partial charge in [0.25, 0.3) is 0 Å². The monoisotopic (exact) mass is 252 g/mol. The van der Waals surface area contributed by atoms with Crippen molar-refractivity contribution >= 4 is 17.0 Å². The predicted molar refractivity (Wildman–Crippen MR) is 63.2 cm³/mol. The number of imidazole rings is 1. The normalized spacial score (nSPS) is 11.0. The summed E-state index contributed by atoms with van der Waals surface area (Å²) in [6, 6.07) is 2.21. The first kappa shape index (κ1) is 12.5. The van der Waals surface area contributed by atoms with E-state index in [9.17, 15) is 9.18 Å². The lowest BCUT2D eigenvalue weighted by Gasteiger charge is -1.96. The molecule has 0 saturated carbocycles. The van der Waals surface area contributed by atoms with Crippen molar-refractivity contribution in [1.82, 2.24) is 9.97 Å². The molecule has 5 nitrogen and oxygen atoms in total. The lowest BCUT2D eigenvalue weighted by atomic mass is 10.2. The highest BCUT2D eigenvalue weighted by atomic mass is 19.1. The van der Waals surface area contributed by atoms with E-state index < -0.39 is 11.8 Å². The van der Waals surface area contributed by atoms with Gasteiger partial charge in [-0.3, -0.25) is 0 Å². The van der Waals surface area contributed by atoms with Gasteiger partial charge in [0.1, 0.15) is 17.2 Å². The first-order valence-electron chi connectivity index (χ1n) is 5.61. The Morgan fingerprint density at radius 3 is 3.00 bits per heavy atom. The molecular formula is C12H13FN2O3. The first-order chi connectivity index (χ1) is 8.61. The molecule has 18 heavy (non-hydrogen) atoms. The number of aromatic amines is 1. The molecule has 0 amide bonds. The van der Waals surface area contributed by atoms with Crippen LogP contribution in [-0.4, -0.2) is 34.3 Å². The smallest absolute Gasteiger partial charge is 0.338 e. The van der Waals surface area contributed by atoms with E-state index in [4.69, 9.17) is 9.84 Å². The van der Waals surface area contributed by atoms with Crippen LogP contribution in [0.25, 0.3) is 11.0 Å². The van der Waals surface area contributed by atoms with Crippen molar-refractivity contribution in [1.29, 1.82) is 0 Å². The second-order valence-corrected chi connectivity index (χ2v) is 3.79. The van der Waals surface area contributed by atoms with Crippen molar-refractivity contribution in [2.75, 3.05) is 13.2 Å². The molecular weight excluding hydrogens is 239 g/mol. The Morgan fingerprint density at radius 2 is 2.33 bits per heavy atom. The number of H-pyrrole nitrogens is 1. The van der Waals surface area contributed by atoms with Gasteiger partial charge >= 0.3 is 5.97 Å². The number of ether oxygens (including phenoxy) is 1. The van der Waals surface area contributed by atoms with Crippen LogP contribution in [0, 0.1) is 5.82 Å². The standard InChI is InChI=1S/C12H13FN2O3/c1-2-18-4-3-10-14-9-6-7(13)5-8(12(16)17)11(9)15-10/h5-6H,2-4H2,1H3,(H,14,15)(H,16,17). The molecule has 6 heteroatoms.